The molecule has 0 aliphatic rings. The van der Waals surface area contributed by atoms with Gasteiger partial charge in [-0.2, -0.15) is 11.8 Å². The second-order valence-corrected chi connectivity index (χ2v) is 4.34. The van der Waals surface area contributed by atoms with Gasteiger partial charge in [0, 0.05) is 17.1 Å². The lowest BCUT2D eigenvalue weighted by atomic mass is 10.2. The van der Waals surface area contributed by atoms with Crippen LogP contribution in [-0.4, -0.2) is 23.4 Å². The molecule has 0 atom stereocenters. The molecular formula is C12H16O3S. The van der Waals surface area contributed by atoms with Gasteiger partial charge in [-0.3, -0.25) is 4.79 Å². The van der Waals surface area contributed by atoms with Gasteiger partial charge in [-0.25, -0.2) is 0 Å². The lowest BCUT2D eigenvalue weighted by molar-refractivity contribution is -0.136. The lowest BCUT2D eigenvalue weighted by Crippen LogP contribution is -1.98. The number of hydrogen-bond acceptors (Lipinski definition) is 3. The van der Waals surface area contributed by atoms with Crippen LogP contribution in [0.3, 0.4) is 0 Å². The first-order valence-corrected chi connectivity index (χ1v) is 6.39. The molecule has 16 heavy (non-hydrogen) atoms. The first-order chi connectivity index (χ1) is 7.74. The Kier molecular flexibility index (Phi) is 5.78. The molecule has 0 saturated carbocycles. The summed E-state index contributed by atoms with van der Waals surface area (Å²) in [4.78, 5) is 10.3. The first kappa shape index (κ1) is 12.9. The summed E-state index contributed by atoms with van der Waals surface area (Å²) in [7, 11) is 0. The molecule has 1 rings (SSSR count). The Bertz CT molecular complexity index is 339. The van der Waals surface area contributed by atoms with Crippen molar-refractivity contribution in [1.82, 2.24) is 0 Å². The maximum absolute atomic E-state index is 10.3. The van der Waals surface area contributed by atoms with Gasteiger partial charge in [0.25, 0.3) is 0 Å². The van der Waals surface area contributed by atoms with E-state index in [2.05, 4.69) is 0 Å². The molecule has 0 heterocycles. The molecule has 88 valence electrons. The zero-order chi connectivity index (χ0) is 11.8. The van der Waals surface area contributed by atoms with Crippen LogP contribution in [0.15, 0.2) is 24.3 Å². The molecule has 4 heteroatoms. The van der Waals surface area contributed by atoms with Gasteiger partial charge in [-0.1, -0.05) is 18.2 Å². The van der Waals surface area contributed by atoms with Crippen LogP contribution in [0.5, 0.6) is 5.75 Å². The monoisotopic (exact) mass is 240 g/mol. The van der Waals surface area contributed by atoms with E-state index < -0.39 is 5.97 Å². The number of benzene rings is 1. The first-order valence-electron chi connectivity index (χ1n) is 5.24. The summed E-state index contributed by atoms with van der Waals surface area (Å²) < 4.78 is 5.49. The van der Waals surface area contributed by atoms with Gasteiger partial charge < -0.3 is 9.84 Å². The van der Waals surface area contributed by atoms with E-state index in [9.17, 15) is 4.79 Å². The molecule has 0 aliphatic carbocycles. The molecular weight excluding hydrogens is 224 g/mol. The molecule has 1 aromatic rings. The molecule has 0 aromatic heterocycles. The minimum atomic E-state index is -0.745. The molecule has 0 spiro atoms. The fourth-order valence-electron chi connectivity index (χ4n) is 1.26. The Hall–Kier alpha value is -1.16. The Morgan fingerprint density at radius 1 is 1.44 bits per heavy atom. The number of rotatable bonds is 7. The lowest BCUT2D eigenvalue weighted by Gasteiger charge is -2.09. The SMILES string of the molecule is CCOc1ccccc1CSCCC(=O)O. The molecule has 0 fully saturated rings. The van der Waals surface area contributed by atoms with Crippen molar-refractivity contribution in [2.24, 2.45) is 0 Å². The molecule has 3 nitrogen and oxygen atoms in total. The Labute approximate surface area is 99.8 Å². The average molecular weight is 240 g/mol. The zero-order valence-corrected chi connectivity index (χ0v) is 10.1. The van der Waals surface area contributed by atoms with E-state index in [-0.39, 0.29) is 6.42 Å². The van der Waals surface area contributed by atoms with Gasteiger partial charge in [0.1, 0.15) is 5.75 Å². The van der Waals surface area contributed by atoms with E-state index in [0.29, 0.717) is 12.4 Å². The van der Waals surface area contributed by atoms with Crippen molar-refractivity contribution in [1.29, 1.82) is 0 Å². The third-order valence-corrected chi connectivity index (χ3v) is 3.00. The fourth-order valence-corrected chi connectivity index (χ4v) is 2.18. The summed E-state index contributed by atoms with van der Waals surface area (Å²) in [6.07, 6.45) is 0.210. The second kappa shape index (κ2) is 7.17. The average Bonchev–Trinajstić information content (AvgIpc) is 2.26. The van der Waals surface area contributed by atoms with E-state index in [4.69, 9.17) is 9.84 Å². The normalized spacial score (nSPS) is 10.1. The van der Waals surface area contributed by atoms with Crippen molar-refractivity contribution in [3.05, 3.63) is 29.8 Å². The Balaban J connectivity index is 2.43. The third-order valence-electron chi connectivity index (χ3n) is 1.99. The maximum Gasteiger partial charge on any atom is 0.304 e. The van der Waals surface area contributed by atoms with Crippen molar-refractivity contribution in [3.8, 4) is 5.75 Å². The smallest absolute Gasteiger partial charge is 0.304 e. The van der Waals surface area contributed by atoms with Gasteiger partial charge in [0.05, 0.1) is 13.0 Å². The zero-order valence-electron chi connectivity index (χ0n) is 9.31. The molecule has 0 aliphatic heterocycles. The number of hydrogen-bond donors (Lipinski definition) is 1. The van der Waals surface area contributed by atoms with E-state index >= 15 is 0 Å². The van der Waals surface area contributed by atoms with Crippen LogP contribution in [0.4, 0.5) is 0 Å². The highest BCUT2D eigenvalue weighted by Gasteiger charge is 2.03. The minimum Gasteiger partial charge on any atom is -0.494 e. The van der Waals surface area contributed by atoms with Crippen molar-refractivity contribution in [2.75, 3.05) is 12.4 Å². The van der Waals surface area contributed by atoms with Crippen molar-refractivity contribution >= 4 is 17.7 Å². The van der Waals surface area contributed by atoms with Crippen LogP contribution in [0.2, 0.25) is 0 Å². The minimum absolute atomic E-state index is 0.210. The number of carboxylic acid groups (broad SMARTS) is 1. The van der Waals surface area contributed by atoms with Crippen molar-refractivity contribution in [3.63, 3.8) is 0 Å². The number of thioether (sulfide) groups is 1. The van der Waals surface area contributed by atoms with E-state index in [0.717, 1.165) is 17.1 Å². The van der Waals surface area contributed by atoms with Gasteiger partial charge in [0.2, 0.25) is 0 Å². The predicted octanol–water partition coefficient (Wildman–Crippen LogP) is 2.79. The highest BCUT2D eigenvalue weighted by atomic mass is 32.2. The van der Waals surface area contributed by atoms with Crippen molar-refractivity contribution < 1.29 is 14.6 Å². The van der Waals surface area contributed by atoms with Crippen molar-refractivity contribution in [2.45, 2.75) is 19.1 Å². The van der Waals surface area contributed by atoms with Crippen LogP contribution in [-0.2, 0) is 10.5 Å². The van der Waals surface area contributed by atoms with Crippen LogP contribution < -0.4 is 4.74 Å². The van der Waals surface area contributed by atoms with E-state index in [1.54, 1.807) is 11.8 Å². The molecule has 1 N–H and O–H groups in total. The number of ether oxygens (including phenoxy) is 1. The summed E-state index contributed by atoms with van der Waals surface area (Å²) in [6, 6.07) is 7.86. The quantitative estimate of drug-likeness (QED) is 0.744. The summed E-state index contributed by atoms with van der Waals surface area (Å²) in [5.74, 6) is 1.58. The van der Waals surface area contributed by atoms with Gasteiger partial charge in [-0.05, 0) is 13.0 Å². The topological polar surface area (TPSA) is 46.5 Å². The molecule has 0 amide bonds. The van der Waals surface area contributed by atoms with Gasteiger partial charge in [0.15, 0.2) is 0 Å². The molecule has 0 radical (unpaired) electrons. The number of carbonyl (C=O) groups is 1. The predicted molar refractivity (Wildman–Crippen MR) is 66.0 cm³/mol. The highest BCUT2D eigenvalue weighted by molar-refractivity contribution is 7.98. The number of para-hydroxylation sites is 1. The van der Waals surface area contributed by atoms with E-state index in [1.165, 1.54) is 0 Å². The summed E-state index contributed by atoms with van der Waals surface area (Å²) in [5, 5.41) is 8.51. The molecule has 0 saturated heterocycles. The van der Waals surface area contributed by atoms with E-state index in [1.807, 2.05) is 31.2 Å². The molecule has 1 aromatic carbocycles. The van der Waals surface area contributed by atoms with Gasteiger partial charge in [-0.15, -0.1) is 0 Å². The Morgan fingerprint density at radius 3 is 2.88 bits per heavy atom. The Morgan fingerprint density at radius 2 is 2.19 bits per heavy atom. The maximum atomic E-state index is 10.3. The van der Waals surface area contributed by atoms with Crippen LogP contribution >= 0.6 is 11.8 Å². The van der Waals surface area contributed by atoms with Crippen LogP contribution in [0.1, 0.15) is 18.9 Å². The fraction of sp³-hybridized carbons (Fsp3) is 0.417. The van der Waals surface area contributed by atoms with Crippen LogP contribution in [0, 0.1) is 0 Å². The second-order valence-electron chi connectivity index (χ2n) is 3.24. The third kappa shape index (κ3) is 4.57. The molecule has 0 bridgehead atoms. The van der Waals surface area contributed by atoms with Gasteiger partial charge >= 0.3 is 5.97 Å². The highest BCUT2D eigenvalue weighted by Crippen LogP contribution is 2.23. The number of carboxylic acids is 1. The summed E-state index contributed by atoms with van der Waals surface area (Å²) in [6.45, 7) is 2.60. The van der Waals surface area contributed by atoms with Crippen LogP contribution in [0.25, 0.3) is 0 Å². The summed E-state index contributed by atoms with van der Waals surface area (Å²) in [5.41, 5.74) is 1.12. The largest absolute Gasteiger partial charge is 0.494 e. The number of aliphatic carboxylic acids is 1. The standard InChI is InChI=1S/C12H16O3S/c1-2-15-11-6-4-3-5-10(11)9-16-8-7-12(13)14/h3-6H,2,7-9H2,1H3,(H,13,14). The summed E-state index contributed by atoms with van der Waals surface area (Å²) >= 11 is 1.61. The molecule has 0 unspecified atom stereocenters.